The van der Waals surface area contributed by atoms with E-state index in [0.29, 0.717) is 12.1 Å². The van der Waals surface area contributed by atoms with Crippen LogP contribution in [0.15, 0.2) is 73.3 Å². The van der Waals surface area contributed by atoms with E-state index in [1.807, 2.05) is 65.4 Å². The highest BCUT2D eigenvalue weighted by molar-refractivity contribution is 5.94. The van der Waals surface area contributed by atoms with Crippen LogP contribution in [0.1, 0.15) is 34.3 Å². The number of aromatic nitrogens is 2. The summed E-state index contributed by atoms with van der Waals surface area (Å²) in [4.78, 5) is 16.2. The van der Waals surface area contributed by atoms with Crippen LogP contribution < -0.4 is 5.32 Å². The molecule has 0 unspecified atom stereocenters. The maximum atomic E-state index is 12.2. The van der Waals surface area contributed by atoms with Gasteiger partial charge in [-0.3, -0.25) is 4.79 Å². The quantitative estimate of drug-likeness (QED) is 0.550. The minimum absolute atomic E-state index is 0.0461. The van der Waals surface area contributed by atoms with Gasteiger partial charge in [0.15, 0.2) is 0 Å². The van der Waals surface area contributed by atoms with Crippen molar-refractivity contribution < 1.29 is 4.79 Å². The summed E-state index contributed by atoms with van der Waals surface area (Å²) in [5.74, 6) is 6.18. The number of aryl methyl sites for hydroxylation is 1. The van der Waals surface area contributed by atoms with Crippen LogP contribution in [0.25, 0.3) is 0 Å². The topological polar surface area (TPSA) is 46.9 Å². The Morgan fingerprint density at radius 2 is 1.69 bits per heavy atom. The average Bonchev–Trinajstić information content (AvgIpc) is 3.21. The number of hydrogen-bond donors (Lipinski definition) is 1. The molecule has 1 N–H and O–H groups in total. The van der Waals surface area contributed by atoms with Gasteiger partial charge in [-0.05, 0) is 49.2 Å². The summed E-state index contributed by atoms with van der Waals surface area (Å²) < 4.78 is 2.04. The fourth-order valence-corrected chi connectivity index (χ4v) is 2.51. The fourth-order valence-electron chi connectivity index (χ4n) is 2.51. The number of amides is 1. The molecular weight excluding hydrogens is 322 g/mol. The van der Waals surface area contributed by atoms with Gasteiger partial charge in [-0.15, -0.1) is 0 Å². The van der Waals surface area contributed by atoms with Crippen LogP contribution in [-0.2, 0) is 6.54 Å². The number of unbranched alkanes of at least 4 members (excludes halogenated alkanes) is 1. The maximum Gasteiger partial charge on any atom is 0.251 e. The molecule has 26 heavy (non-hydrogen) atoms. The summed E-state index contributed by atoms with van der Waals surface area (Å²) in [6.07, 6.45) is 7.46. The molecule has 2 aromatic carbocycles. The van der Waals surface area contributed by atoms with E-state index in [-0.39, 0.29) is 5.91 Å². The van der Waals surface area contributed by atoms with Gasteiger partial charge in [0.1, 0.15) is 0 Å². The second kappa shape index (κ2) is 9.24. The van der Waals surface area contributed by atoms with Crippen molar-refractivity contribution >= 4 is 5.91 Å². The number of nitrogens with zero attached hydrogens (tertiary/aromatic N) is 2. The Labute approximate surface area is 153 Å². The van der Waals surface area contributed by atoms with Gasteiger partial charge in [-0.25, -0.2) is 4.98 Å². The van der Waals surface area contributed by atoms with Crippen LogP contribution >= 0.6 is 0 Å². The van der Waals surface area contributed by atoms with Gasteiger partial charge in [-0.1, -0.05) is 30.0 Å². The molecule has 1 amide bonds. The van der Waals surface area contributed by atoms with E-state index in [2.05, 4.69) is 22.1 Å². The number of hydrogen-bond acceptors (Lipinski definition) is 2. The Balaban J connectivity index is 1.44. The Hall–Kier alpha value is -3.32. The first-order valence-corrected chi connectivity index (χ1v) is 8.72. The third-order valence-corrected chi connectivity index (χ3v) is 3.96. The Morgan fingerprint density at radius 1 is 0.962 bits per heavy atom. The molecule has 0 aliphatic rings. The maximum absolute atomic E-state index is 12.2. The highest BCUT2D eigenvalue weighted by atomic mass is 16.1. The standard InChI is InChI=1S/C22H21N3O/c26-22(24-14-4-5-16-25-17-15-23-18-25)21-12-10-20(11-13-21)9-8-19-6-2-1-3-7-19/h1-3,6-7,10-13,15,17-18H,4-5,14,16H2,(H,24,26). The van der Waals surface area contributed by atoms with Crippen molar-refractivity contribution in [3.8, 4) is 11.8 Å². The van der Waals surface area contributed by atoms with Crippen molar-refractivity contribution in [3.63, 3.8) is 0 Å². The first-order valence-electron chi connectivity index (χ1n) is 8.72. The summed E-state index contributed by atoms with van der Waals surface area (Å²) in [5.41, 5.74) is 2.53. The van der Waals surface area contributed by atoms with Gasteiger partial charge in [0.05, 0.1) is 6.33 Å². The second-order valence-corrected chi connectivity index (χ2v) is 5.96. The molecule has 4 heteroatoms. The zero-order valence-corrected chi connectivity index (χ0v) is 14.6. The van der Waals surface area contributed by atoms with E-state index < -0.39 is 0 Å². The molecule has 0 saturated heterocycles. The zero-order chi connectivity index (χ0) is 18.0. The number of benzene rings is 2. The lowest BCUT2D eigenvalue weighted by atomic mass is 10.1. The van der Waals surface area contributed by atoms with Crippen molar-refractivity contribution in [3.05, 3.63) is 90.0 Å². The monoisotopic (exact) mass is 343 g/mol. The molecule has 0 bridgehead atoms. The third kappa shape index (κ3) is 5.35. The van der Waals surface area contributed by atoms with Crippen LogP contribution in [0, 0.1) is 11.8 Å². The summed E-state index contributed by atoms with van der Waals surface area (Å²) in [6, 6.07) is 17.2. The first kappa shape index (κ1) is 17.5. The smallest absolute Gasteiger partial charge is 0.251 e. The second-order valence-electron chi connectivity index (χ2n) is 5.96. The molecule has 4 nitrogen and oxygen atoms in total. The van der Waals surface area contributed by atoms with Crippen molar-refractivity contribution in [1.82, 2.24) is 14.9 Å². The molecule has 130 valence electrons. The lowest BCUT2D eigenvalue weighted by Crippen LogP contribution is -2.24. The van der Waals surface area contributed by atoms with E-state index in [9.17, 15) is 4.79 Å². The number of rotatable bonds is 6. The van der Waals surface area contributed by atoms with Gasteiger partial charge in [0.25, 0.3) is 5.91 Å². The fraction of sp³-hybridized carbons (Fsp3) is 0.182. The summed E-state index contributed by atoms with van der Waals surface area (Å²) in [7, 11) is 0. The first-order chi connectivity index (χ1) is 12.8. The highest BCUT2D eigenvalue weighted by Crippen LogP contribution is 2.04. The molecule has 1 heterocycles. The van der Waals surface area contributed by atoms with Crippen molar-refractivity contribution in [1.29, 1.82) is 0 Å². The van der Waals surface area contributed by atoms with E-state index in [1.54, 1.807) is 12.5 Å². The summed E-state index contributed by atoms with van der Waals surface area (Å²) >= 11 is 0. The molecular formula is C22H21N3O. The lowest BCUT2D eigenvalue weighted by Gasteiger charge is -2.06. The SMILES string of the molecule is O=C(NCCCCn1ccnc1)c1ccc(C#Cc2ccccc2)cc1. The molecule has 0 aliphatic heterocycles. The van der Waals surface area contributed by atoms with Crippen LogP contribution in [0.4, 0.5) is 0 Å². The summed E-state index contributed by atoms with van der Waals surface area (Å²) in [5, 5.41) is 2.96. The van der Waals surface area contributed by atoms with Gasteiger partial charge >= 0.3 is 0 Å². The lowest BCUT2D eigenvalue weighted by molar-refractivity contribution is 0.0953. The molecule has 1 aromatic heterocycles. The van der Waals surface area contributed by atoms with Gasteiger partial charge in [0.2, 0.25) is 0 Å². The largest absolute Gasteiger partial charge is 0.352 e. The minimum atomic E-state index is -0.0461. The zero-order valence-electron chi connectivity index (χ0n) is 14.6. The molecule has 0 saturated carbocycles. The third-order valence-electron chi connectivity index (χ3n) is 3.96. The number of carbonyl (C=O) groups is 1. The number of imidazole rings is 1. The van der Waals surface area contributed by atoms with Crippen molar-refractivity contribution in [2.75, 3.05) is 6.54 Å². The predicted octanol–water partition coefficient (Wildman–Crippen LogP) is 3.49. The highest BCUT2D eigenvalue weighted by Gasteiger charge is 2.04. The molecule has 0 fully saturated rings. The van der Waals surface area contributed by atoms with E-state index in [0.717, 1.165) is 30.5 Å². The van der Waals surface area contributed by atoms with Crippen LogP contribution in [0.2, 0.25) is 0 Å². The average molecular weight is 343 g/mol. The molecule has 3 aromatic rings. The Kier molecular flexibility index (Phi) is 6.22. The van der Waals surface area contributed by atoms with Gasteiger partial charge < -0.3 is 9.88 Å². The van der Waals surface area contributed by atoms with Crippen molar-refractivity contribution in [2.45, 2.75) is 19.4 Å². The Bertz CT molecular complexity index is 873. The molecule has 3 rings (SSSR count). The molecule has 0 atom stereocenters. The van der Waals surface area contributed by atoms with Crippen LogP contribution in [0.3, 0.4) is 0 Å². The normalized spacial score (nSPS) is 10.0. The van der Waals surface area contributed by atoms with Gasteiger partial charge in [0, 0.05) is 42.2 Å². The number of carbonyl (C=O) groups excluding carboxylic acids is 1. The summed E-state index contributed by atoms with van der Waals surface area (Å²) in [6.45, 7) is 1.59. The van der Waals surface area contributed by atoms with Crippen LogP contribution in [0.5, 0.6) is 0 Å². The minimum Gasteiger partial charge on any atom is -0.352 e. The van der Waals surface area contributed by atoms with E-state index >= 15 is 0 Å². The van der Waals surface area contributed by atoms with Crippen molar-refractivity contribution in [2.24, 2.45) is 0 Å². The molecule has 0 spiro atoms. The molecule has 0 radical (unpaired) electrons. The Morgan fingerprint density at radius 3 is 2.38 bits per heavy atom. The van der Waals surface area contributed by atoms with E-state index in [4.69, 9.17) is 0 Å². The van der Waals surface area contributed by atoms with E-state index in [1.165, 1.54) is 0 Å². The van der Waals surface area contributed by atoms with Gasteiger partial charge in [-0.2, -0.15) is 0 Å². The number of nitrogens with one attached hydrogen (secondary N) is 1. The van der Waals surface area contributed by atoms with Crippen LogP contribution in [-0.4, -0.2) is 22.0 Å². The molecule has 0 aliphatic carbocycles. The predicted molar refractivity (Wildman–Crippen MR) is 103 cm³/mol.